The van der Waals surface area contributed by atoms with Crippen molar-refractivity contribution in [3.8, 4) is 0 Å². The number of fused-ring (bicyclic) bond motifs is 1. The van der Waals surface area contributed by atoms with Gasteiger partial charge in [0.25, 0.3) is 5.56 Å². The molecule has 20 heavy (non-hydrogen) atoms. The van der Waals surface area contributed by atoms with Gasteiger partial charge in [0, 0.05) is 11.1 Å². The molecule has 0 radical (unpaired) electrons. The Balaban J connectivity index is 2.18. The van der Waals surface area contributed by atoms with Crippen LogP contribution in [0.5, 0.6) is 0 Å². The third-order valence-corrected chi connectivity index (χ3v) is 5.72. The van der Waals surface area contributed by atoms with E-state index in [1.807, 2.05) is 24.6 Å². The van der Waals surface area contributed by atoms with Crippen LogP contribution in [-0.2, 0) is 6.42 Å². The third kappa shape index (κ3) is 2.15. The van der Waals surface area contributed by atoms with Gasteiger partial charge in [-0.2, -0.15) is 0 Å². The average molecular weight is 323 g/mol. The average Bonchev–Trinajstić information content (AvgIpc) is 3.06. The molecule has 0 spiro atoms. The number of H-pyrrole nitrogens is 1. The fraction of sp³-hybridized carbons (Fsp3) is 0.308. The first kappa shape index (κ1) is 13.7. The van der Waals surface area contributed by atoms with Crippen LogP contribution in [0.2, 0.25) is 0 Å². The molecular weight excluding hydrogens is 310 g/mol. The molecule has 0 saturated heterocycles. The summed E-state index contributed by atoms with van der Waals surface area (Å²) in [7, 11) is 0. The quantitative estimate of drug-likeness (QED) is 0.747. The molecular formula is C13H13N3OS3. The number of hydrogen-bond donors (Lipinski definition) is 1. The molecule has 0 fully saturated rings. The highest BCUT2D eigenvalue weighted by Gasteiger charge is 2.17. The van der Waals surface area contributed by atoms with Crippen LogP contribution >= 0.6 is 34.9 Å². The molecule has 0 aromatic carbocycles. The predicted molar refractivity (Wildman–Crippen MR) is 86.6 cm³/mol. The fourth-order valence-electron chi connectivity index (χ4n) is 2.09. The number of aromatic nitrogens is 3. The van der Waals surface area contributed by atoms with Gasteiger partial charge < -0.3 is 4.98 Å². The van der Waals surface area contributed by atoms with Gasteiger partial charge in [0.05, 0.1) is 11.6 Å². The van der Waals surface area contributed by atoms with Crippen LogP contribution in [0.4, 0.5) is 0 Å². The van der Waals surface area contributed by atoms with Crippen molar-refractivity contribution < 1.29 is 0 Å². The highest BCUT2D eigenvalue weighted by atomic mass is 32.1. The van der Waals surface area contributed by atoms with Crippen molar-refractivity contribution in [3.05, 3.63) is 42.7 Å². The summed E-state index contributed by atoms with van der Waals surface area (Å²) in [6, 6.07) is 1.73. The van der Waals surface area contributed by atoms with Crippen LogP contribution in [0, 0.1) is 4.77 Å². The van der Waals surface area contributed by atoms with Crippen molar-refractivity contribution in [2.24, 2.45) is 0 Å². The molecule has 7 heteroatoms. The first-order valence-electron chi connectivity index (χ1n) is 6.28. The van der Waals surface area contributed by atoms with E-state index in [9.17, 15) is 4.79 Å². The molecule has 3 aromatic heterocycles. The number of aromatic amines is 1. The molecule has 0 bridgehead atoms. The van der Waals surface area contributed by atoms with E-state index in [1.165, 1.54) is 16.2 Å². The first-order chi connectivity index (χ1) is 9.61. The topological polar surface area (TPSA) is 50.7 Å². The summed E-state index contributed by atoms with van der Waals surface area (Å²) in [5.41, 5.74) is 0.765. The Morgan fingerprint density at radius 2 is 2.35 bits per heavy atom. The van der Waals surface area contributed by atoms with Gasteiger partial charge in [-0.3, -0.25) is 9.36 Å². The number of hydrogen-bond acceptors (Lipinski definition) is 5. The lowest BCUT2D eigenvalue weighted by Gasteiger charge is -2.12. The molecule has 3 heterocycles. The van der Waals surface area contributed by atoms with E-state index in [4.69, 9.17) is 12.2 Å². The van der Waals surface area contributed by atoms with Gasteiger partial charge in [-0.1, -0.05) is 6.92 Å². The number of aryl methyl sites for hydroxylation is 1. The Morgan fingerprint density at radius 1 is 1.55 bits per heavy atom. The van der Waals surface area contributed by atoms with Crippen molar-refractivity contribution >= 4 is 45.1 Å². The summed E-state index contributed by atoms with van der Waals surface area (Å²) in [6.45, 7) is 4.06. The molecule has 4 nitrogen and oxygen atoms in total. The van der Waals surface area contributed by atoms with Crippen LogP contribution in [0.3, 0.4) is 0 Å². The van der Waals surface area contributed by atoms with Gasteiger partial charge >= 0.3 is 0 Å². The van der Waals surface area contributed by atoms with Gasteiger partial charge in [0.2, 0.25) is 0 Å². The van der Waals surface area contributed by atoms with Crippen molar-refractivity contribution in [3.63, 3.8) is 0 Å². The smallest absolute Gasteiger partial charge is 0.272 e. The SMILES string of the molecule is CCc1cnc(C(C)n2c(=S)[nH]c3ccsc3c2=O)s1. The summed E-state index contributed by atoms with van der Waals surface area (Å²) in [4.78, 5) is 21.3. The maximum atomic E-state index is 12.6. The van der Waals surface area contributed by atoms with Crippen LogP contribution < -0.4 is 5.56 Å². The van der Waals surface area contributed by atoms with Crippen LogP contribution in [-0.4, -0.2) is 14.5 Å². The Hall–Kier alpha value is -1.31. The Bertz CT molecular complexity index is 871. The summed E-state index contributed by atoms with van der Waals surface area (Å²) < 4.78 is 2.77. The lowest BCUT2D eigenvalue weighted by molar-refractivity contribution is 0.597. The number of thiophene rings is 1. The molecule has 0 aliphatic heterocycles. The van der Waals surface area contributed by atoms with E-state index in [2.05, 4.69) is 16.9 Å². The molecule has 0 aliphatic rings. The van der Waals surface area contributed by atoms with Crippen molar-refractivity contribution in [1.82, 2.24) is 14.5 Å². The van der Waals surface area contributed by atoms with Crippen LogP contribution in [0.15, 0.2) is 22.4 Å². The second-order valence-corrected chi connectivity index (χ2v) is 6.91. The molecule has 0 aliphatic carbocycles. The van der Waals surface area contributed by atoms with Gasteiger partial charge in [-0.15, -0.1) is 22.7 Å². The van der Waals surface area contributed by atoms with E-state index in [0.29, 0.717) is 9.47 Å². The first-order valence-corrected chi connectivity index (χ1v) is 8.39. The summed E-state index contributed by atoms with van der Waals surface area (Å²) in [5.74, 6) is 0. The zero-order valence-electron chi connectivity index (χ0n) is 11.0. The minimum Gasteiger partial charge on any atom is -0.331 e. The van der Waals surface area contributed by atoms with Gasteiger partial charge in [-0.05, 0) is 37.0 Å². The van der Waals surface area contributed by atoms with Gasteiger partial charge in [0.15, 0.2) is 4.77 Å². The predicted octanol–water partition coefficient (Wildman–Crippen LogP) is 3.75. The fourth-order valence-corrected chi connectivity index (χ4v) is 4.13. The summed E-state index contributed by atoms with van der Waals surface area (Å²) in [5, 5.41) is 2.81. The zero-order valence-corrected chi connectivity index (χ0v) is 13.5. The number of thiazole rings is 1. The largest absolute Gasteiger partial charge is 0.331 e. The normalized spacial score (nSPS) is 12.9. The third-order valence-electron chi connectivity index (χ3n) is 3.20. The molecule has 1 atom stereocenters. The van der Waals surface area contributed by atoms with E-state index in [1.54, 1.807) is 15.9 Å². The monoisotopic (exact) mass is 323 g/mol. The molecule has 0 saturated carbocycles. The molecule has 3 aromatic rings. The van der Waals surface area contributed by atoms with E-state index in [-0.39, 0.29) is 11.6 Å². The number of nitrogens with zero attached hydrogens (tertiary/aromatic N) is 2. The molecule has 104 valence electrons. The van der Waals surface area contributed by atoms with Crippen LogP contribution in [0.1, 0.15) is 29.8 Å². The highest BCUT2D eigenvalue weighted by Crippen LogP contribution is 2.24. The van der Waals surface area contributed by atoms with Crippen molar-refractivity contribution in [1.29, 1.82) is 0 Å². The zero-order chi connectivity index (χ0) is 14.3. The van der Waals surface area contributed by atoms with Gasteiger partial charge in [0.1, 0.15) is 9.71 Å². The van der Waals surface area contributed by atoms with Crippen molar-refractivity contribution in [2.75, 3.05) is 0 Å². The van der Waals surface area contributed by atoms with Gasteiger partial charge in [-0.25, -0.2) is 4.98 Å². The minimum absolute atomic E-state index is 0.0421. The molecule has 0 amide bonds. The molecule has 1 N–H and O–H groups in total. The summed E-state index contributed by atoms with van der Waals surface area (Å²) >= 11 is 8.40. The highest BCUT2D eigenvalue weighted by molar-refractivity contribution is 7.71. The van der Waals surface area contributed by atoms with E-state index >= 15 is 0 Å². The second-order valence-electron chi connectivity index (χ2n) is 4.46. The Labute approximate surface area is 128 Å². The van der Waals surface area contributed by atoms with Crippen LogP contribution in [0.25, 0.3) is 10.2 Å². The Kier molecular flexibility index (Phi) is 3.57. The molecule has 1 unspecified atom stereocenters. The summed E-state index contributed by atoms with van der Waals surface area (Å²) in [6.07, 6.45) is 2.83. The standard InChI is InChI=1S/C13H13N3OS3/c1-3-8-6-14-11(20-8)7(2)16-12(17)10-9(4-5-19-10)15-13(16)18/h4-7H,3H2,1-2H3,(H,15,18). The van der Waals surface area contributed by atoms with E-state index < -0.39 is 0 Å². The maximum Gasteiger partial charge on any atom is 0.272 e. The molecule has 3 rings (SSSR count). The van der Waals surface area contributed by atoms with Crippen molar-refractivity contribution in [2.45, 2.75) is 26.3 Å². The number of nitrogens with one attached hydrogen (secondary N) is 1. The van der Waals surface area contributed by atoms with E-state index in [0.717, 1.165) is 16.9 Å². The minimum atomic E-state index is -0.150. The second kappa shape index (κ2) is 5.23. The number of rotatable bonds is 3. The Morgan fingerprint density at radius 3 is 3.05 bits per heavy atom. The lowest BCUT2D eigenvalue weighted by atomic mass is 10.3. The lowest BCUT2D eigenvalue weighted by Crippen LogP contribution is -2.25. The maximum absolute atomic E-state index is 12.6.